The van der Waals surface area contributed by atoms with Crippen LogP contribution in [0.25, 0.3) is 0 Å². The molecule has 1 aliphatic heterocycles. The lowest BCUT2D eigenvalue weighted by Crippen LogP contribution is -2.38. The summed E-state index contributed by atoms with van der Waals surface area (Å²) in [7, 11) is 0. The number of nitrogens with one attached hydrogen (secondary N) is 3. The molecule has 0 aromatic heterocycles. The zero-order chi connectivity index (χ0) is 31.4. The number of carbonyl (C=O) groups is 1. The number of alkyl halides is 3. The fraction of sp³-hybridized carbons (Fsp3) is 0.457. The number of rotatable bonds is 16. The molecule has 238 valence electrons. The van der Waals surface area contributed by atoms with Gasteiger partial charge in [0.25, 0.3) is 5.91 Å². The number of hydrogen-bond acceptors (Lipinski definition) is 5. The number of ether oxygens (including phenoxy) is 1. The molecular formula is C35H45F3N4O2. The first-order valence-corrected chi connectivity index (χ1v) is 15.8. The van der Waals surface area contributed by atoms with Crippen LogP contribution in [-0.4, -0.2) is 49.4 Å². The average Bonchev–Trinajstić information content (AvgIpc) is 3.46. The molecule has 0 saturated carbocycles. The van der Waals surface area contributed by atoms with Gasteiger partial charge in [-0.05, 0) is 78.9 Å². The maximum absolute atomic E-state index is 12.9. The third-order valence-corrected chi connectivity index (χ3v) is 7.94. The van der Waals surface area contributed by atoms with Crippen molar-refractivity contribution in [1.82, 2.24) is 10.2 Å². The Labute approximate surface area is 259 Å². The van der Waals surface area contributed by atoms with E-state index in [1.54, 1.807) is 0 Å². The van der Waals surface area contributed by atoms with Crippen molar-refractivity contribution in [2.75, 3.05) is 36.8 Å². The molecule has 3 aromatic carbocycles. The SMILES string of the molecule is CCCCCNc1ccc(C(c2ccc(NCCCCC)cc2)N2CC[C@@H](NC(=O)c3ccc(OC(F)(F)F)cc3)C2)cc1. The number of likely N-dealkylation sites (tertiary alicyclic amines) is 1. The van der Waals surface area contributed by atoms with Gasteiger partial charge in [0.2, 0.25) is 0 Å². The highest BCUT2D eigenvalue weighted by molar-refractivity contribution is 5.94. The average molecular weight is 611 g/mol. The van der Waals surface area contributed by atoms with E-state index in [9.17, 15) is 18.0 Å². The van der Waals surface area contributed by atoms with E-state index in [0.717, 1.165) is 62.4 Å². The van der Waals surface area contributed by atoms with E-state index in [1.807, 2.05) is 0 Å². The van der Waals surface area contributed by atoms with Gasteiger partial charge in [-0.25, -0.2) is 0 Å². The summed E-state index contributed by atoms with van der Waals surface area (Å²) in [5.41, 5.74) is 4.86. The molecule has 0 aliphatic carbocycles. The standard InChI is InChI=1S/C35H45F3N4O2/c1-3-5-7-22-39-29-15-9-26(10-16-29)33(27-11-17-30(18-12-27)40-23-8-6-4-2)42-24-21-31(25-42)41-34(43)28-13-19-32(20-14-28)44-35(36,37)38/h9-20,31,33,39-40H,3-8,21-25H2,1-2H3,(H,41,43)/t31-/m1/s1. The van der Waals surface area contributed by atoms with Gasteiger partial charge in [-0.3, -0.25) is 9.69 Å². The number of nitrogens with zero attached hydrogens (tertiary/aromatic N) is 1. The van der Waals surface area contributed by atoms with Crippen molar-refractivity contribution in [2.45, 2.75) is 77.2 Å². The van der Waals surface area contributed by atoms with Gasteiger partial charge in [-0.2, -0.15) is 0 Å². The normalized spacial score (nSPS) is 15.4. The largest absolute Gasteiger partial charge is 0.573 e. The lowest BCUT2D eigenvalue weighted by atomic mass is 9.96. The van der Waals surface area contributed by atoms with Gasteiger partial charge in [-0.1, -0.05) is 63.8 Å². The van der Waals surface area contributed by atoms with Crippen molar-refractivity contribution in [1.29, 1.82) is 0 Å². The minimum atomic E-state index is -4.77. The van der Waals surface area contributed by atoms with E-state index in [2.05, 4.69) is 88.0 Å². The number of halogens is 3. The summed E-state index contributed by atoms with van der Waals surface area (Å²) in [5.74, 6) is -0.669. The summed E-state index contributed by atoms with van der Waals surface area (Å²) >= 11 is 0. The fourth-order valence-corrected chi connectivity index (χ4v) is 5.61. The number of anilines is 2. The molecule has 1 heterocycles. The lowest BCUT2D eigenvalue weighted by Gasteiger charge is -2.29. The van der Waals surface area contributed by atoms with Crippen molar-refractivity contribution in [2.24, 2.45) is 0 Å². The fourth-order valence-electron chi connectivity index (χ4n) is 5.61. The monoisotopic (exact) mass is 610 g/mol. The minimum Gasteiger partial charge on any atom is -0.406 e. The van der Waals surface area contributed by atoms with Crippen LogP contribution >= 0.6 is 0 Å². The maximum atomic E-state index is 12.9. The predicted octanol–water partition coefficient (Wildman–Crippen LogP) is 8.38. The maximum Gasteiger partial charge on any atom is 0.573 e. The van der Waals surface area contributed by atoms with E-state index in [1.165, 1.54) is 48.9 Å². The first kappa shape index (κ1) is 33.2. The van der Waals surface area contributed by atoms with Crippen molar-refractivity contribution < 1.29 is 22.7 Å². The molecule has 44 heavy (non-hydrogen) atoms. The highest BCUT2D eigenvalue weighted by Crippen LogP contribution is 2.33. The number of carbonyl (C=O) groups excluding carboxylic acids is 1. The van der Waals surface area contributed by atoms with Crippen molar-refractivity contribution in [3.05, 3.63) is 89.5 Å². The van der Waals surface area contributed by atoms with Crippen LogP contribution in [0, 0.1) is 0 Å². The highest BCUT2D eigenvalue weighted by Gasteiger charge is 2.32. The van der Waals surface area contributed by atoms with Crippen molar-refractivity contribution in [3.8, 4) is 5.75 Å². The Hall–Kier alpha value is -3.72. The third kappa shape index (κ3) is 10.2. The summed E-state index contributed by atoms with van der Waals surface area (Å²) in [5, 5.41) is 10.1. The molecule has 3 aromatic rings. The zero-order valence-corrected chi connectivity index (χ0v) is 25.8. The van der Waals surface area contributed by atoms with Crippen LogP contribution in [0.15, 0.2) is 72.8 Å². The molecule has 1 saturated heterocycles. The Bertz CT molecular complexity index is 1230. The van der Waals surface area contributed by atoms with Crippen molar-refractivity contribution in [3.63, 3.8) is 0 Å². The minimum absolute atomic E-state index is 0.0129. The Kier molecular flexibility index (Phi) is 12.4. The first-order valence-electron chi connectivity index (χ1n) is 15.8. The lowest BCUT2D eigenvalue weighted by molar-refractivity contribution is -0.274. The number of amides is 1. The molecule has 0 spiro atoms. The van der Waals surface area contributed by atoms with Gasteiger partial charge in [0.05, 0.1) is 6.04 Å². The summed E-state index contributed by atoms with van der Waals surface area (Å²) in [6.45, 7) is 7.75. The Morgan fingerprint density at radius 1 is 0.818 bits per heavy atom. The van der Waals surface area contributed by atoms with E-state index in [0.29, 0.717) is 12.1 Å². The number of hydrogen-bond donors (Lipinski definition) is 3. The second-order valence-corrected chi connectivity index (χ2v) is 11.4. The molecule has 6 nitrogen and oxygen atoms in total. The van der Waals surface area contributed by atoms with E-state index in [-0.39, 0.29) is 23.7 Å². The molecule has 1 aliphatic rings. The van der Waals surface area contributed by atoms with E-state index < -0.39 is 6.36 Å². The molecule has 3 N–H and O–H groups in total. The van der Waals surface area contributed by atoms with Crippen LogP contribution in [0.1, 0.15) is 86.3 Å². The van der Waals surface area contributed by atoms with Crippen LogP contribution in [-0.2, 0) is 0 Å². The molecule has 1 atom stereocenters. The third-order valence-electron chi connectivity index (χ3n) is 7.94. The smallest absolute Gasteiger partial charge is 0.406 e. The predicted molar refractivity (Wildman–Crippen MR) is 171 cm³/mol. The van der Waals surface area contributed by atoms with Gasteiger partial charge < -0.3 is 20.7 Å². The summed E-state index contributed by atoms with van der Waals surface area (Å²) in [6.07, 6.45) is 3.09. The van der Waals surface area contributed by atoms with Crippen LogP contribution < -0.4 is 20.7 Å². The molecular weight excluding hydrogens is 565 g/mol. The summed E-state index contributed by atoms with van der Waals surface area (Å²) in [4.78, 5) is 15.3. The molecule has 0 radical (unpaired) electrons. The Morgan fingerprint density at radius 3 is 1.82 bits per heavy atom. The zero-order valence-electron chi connectivity index (χ0n) is 25.8. The molecule has 9 heteroatoms. The second-order valence-electron chi connectivity index (χ2n) is 11.4. The van der Waals surface area contributed by atoms with Gasteiger partial charge in [0.1, 0.15) is 5.75 Å². The van der Waals surface area contributed by atoms with Gasteiger partial charge in [0, 0.05) is 49.2 Å². The van der Waals surface area contributed by atoms with Crippen LogP contribution in [0.5, 0.6) is 5.75 Å². The number of unbranched alkanes of at least 4 members (excludes halogenated alkanes) is 4. The Balaban J connectivity index is 1.44. The Morgan fingerprint density at radius 2 is 1.34 bits per heavy atom. The second kappa shape index (κ2) is 16.4. The van der Waals surface area contributed by atoms with Crippen molar-refractivity contribution >= 4 is 17.3 Å². The molecule has 0 bridgehead atoms. The first-order chi connectivity index (χ1) is 21.3. The molecule has 1 amide bonds. The quantitative estimate of drug-likeness (QED) is 0.142. The van der Waals surface area contributed by atoms with Gasteiger partial charge in [-0.15, -0.1) is 13.2 Å². The highest BCUT2D eigenvalue weighted by atomic mass is 19.4. The molecule has 1 fully saturated rings. The van der Waals surface area contributed by atoms with Crippen LogP contribution in [0.3, 0.4) is 0 Å². The topological polar surface area (TPSA) is 65.6 Å². The summed E-state index contributed by atoms with van der Waals surface area (Å²) in [6, 6.07) is 22.2. The van der Waals surface area contributed by atoms with Gasteiger partial charge >= 0.3 is 6.36 Å². The number of benzene rings is 3. The molecule has 0 unspecified atom stereocenters. The van der Waals surface area contributed by atoms with E-state index >= 15 is 0 Å². The summed E-state index contributed by atoms with van der Waals surface area (Å²) < 4.78 is 41.4. The molecule has 4 rings (SSSR count). The van der Waals surface area contributed by atoms with Gasteiger partial charge in [0.15, 0.2) is 0 Å². The van der Waals surface area contributed by atoms with Crippen LogP contribution in [0.2, 0.25) is 0 Å². The van der Waals surface area contributed by atoms with Crippen LogP contribution in [0.4, 0.5) is 24.5 Å². The van der Waals surface area contributed by atoms with E-state index in [4.69, 9.17) is 0 Å².